The number of hydrogen-bond acceptors (Lipinski definition) is 3. The predicted molar refractivity (Wildman–Crippen MR) is 81.9 cm³/mol. The van der Waals surface area contributed by atoms with E-state index in [4.69, 9.17) is 0 Å². The van der Waals surface area contributed by atoms with Gasteiger partial charge >= 0.3 is 0 Å². The minimum Gasteiger partial charge on any atom is -0.354 e. The van der Waals surface area contributed by atoms with E-state index in [0.717, 1.165) is 13.1 Å². The zero-order chi connectivity index (χ0) is 16.1. The fourth-order valence-electron chi connectivity index (χ4n) is 2.21. The first-order valence-corrected chi connectivity index (χ1v) is 7.52. The van der Waals surface area contributed by atoms with Gasteiger partial charge in [0.25, 0.3) is 5.91 Å². The average Bonchev–Trinajstić information content (AvgIpc) is 2.43. The third kappa shape index (κ3) is 4.27. The fraction of sp³-hybridized carbons (Fsp3) is 0.500. The minimum absolute atomic E-state index is 0.0380. The molecule has 1 saturated heterocycles. The van der Waals surface area contributed by atoms with Crippen LogP contribution in [-0.2, 0) is 4.79 Å². The number of halogens is 1. The van der Waals surface area contributed by atoms with Crippen LogP contribution in [0.15, 0.2) is 24.3 Å². The number of carbonyl (C=O) groups excluding carboxylic acids is 2. The highest BCUT2D eigenvalue weighted by atomic mass is 19.1. The Labute approximate surface area is 129 Å². The summed E-state index contributed by atoms with van der Waals surface area (Å²) in [5, 5.41) is 8.74. The monoisotopic (exact) mass is 307 g/mol. The molecule has 22 heavy (non-hydrogen) atoms. The molecular weight excluding hydrogens is 285 g/mol. The van der Waals surface area contributed by atoms with E-state index in [1.165, 1.54) is 24.3 Å². The van der Waals surface area contributed by atoms with Gasteiger partial charge in [-0.2, -0.15) is 0 Å². The molecule has 1 aliphatic heterocycles. The van der Waals surface area contributed by atoms with Crippen LogP contribution in [0, 0.1) is 17.7 Å². The topological polar surface area (TPSA) is 70.2 Å². The van der Waals surface area contributed by atoms with E-state index in [1.807, 2.05) is 13.8 Å². The molecule has 0 aromatic heterocycles. The van der Waals surface area contributed by atoms with Gasteiger partial charge in [-0.1, -0.05) is 13.8 Å². The summed E-state index contributed by atoms with van der Waals surface area (Å²) in [4.78, 5) is 24.4. The van der Waals surface area contributed by atoms with Gasteiger partial charge in [-0.25, -0.2) is 4.39 Å². The van der Waals surface area contributed by atoms with Crippen molar-refractivity contribution in [3.05, 3.63) is 35.6 Å². The average molecular weight is 307 g/mol. The van der Waals surface area contributed by atoms with Crippen molar-refractivity contribution in [2.45, 2.75) is 19.9 Å². The normalized spacial score (nSPS) is 16.0. The quantitative estimate of drug-likeness (QED) is 0.732. The van der Waals surface area contributed by atoms with E-state index in [9.17, 15) is 14.0 Å². The molecule has 1 aromatic carbocycles. The van der Waals surface area contributed by atoms with Crippen LogP contribution in [0.1, 0.15) is 24.2 Å². The maximum Gasteiger partial charge on any atom is 0.251 e. The number of carbonyl (C=O) groups is 2. The first kappa shape index (κ1) is 16.4. The summed E-state index contributed by atoms with van der Waals surface area (Å²) in [6, 6.07) is 4.65. The van der Waals surface area contributed by atoms with Crippen molar-refractivity contribution in [1.82, 2.24) is 16.0 Å². The molecule has 3 N–H and O–H groups in total. The van der Waals surface area contributed by atoms with Crippen LogP contribution in [0.5, 0.6) is 0 Å². The Morgan fingerprint density at radius 2 is 1.91 bits per heavy atom. The van der Waals surface area contributed by atoms with Crippen molar-refractivity contribution >= 4 is 11.8 Å². The first-order valence-electron chi connectivity index (χ1n) is 7.52. The number of hydrogen-bond donors (Lipinski definition) is 3. The smallest absolute Gasteiger partial charge is 0.251 e. The standard InChI is InChI=1S/C16H22FN3O2/c1-10(2)14(16(22)19-9-11-7-18-8-11)20-15(21)12-3-5-13(17)6-4-12/h3-6,10-11,14,18H,7-9H2,1-2H3,(H,19,22)(H,20,21). The van der Waals surface area contributed by atoms with Crippen LogP contribution in [0.3, 0.4) is 0 Å². The number of nitrogens with one attached hydrogen (secondary N) is 3. The van der Waals surface area contributed by atoms with Crippen LogP contribution < -0.4 is 16.0 Å². The highest BCUT2D eigenvalue weighted by molar-refractivity contribution is 5.97. The van der Waals surface area contributed by atoms with Gasteiger partial charge in [-0.05, 0) is 30.2 Å². The van der Waals surface area contributed by atoms with Gasteiger partial charge in [0.2, 0.25) is 5.91 Å². The second kappa shape index (κ2) is 7.35. The van der Waals surface area contributed by atoms with E-state index in [2.05, 4.69) is 16.0 Å². The summed E-state index contributed by atoms with van der Waals surface area (Å²) >= 11 is 0. The van der Waals surface area contributed by atoms with Gasteiger partial charge in [-0.15, -0.1) is 0 Å². The Bertz CT molecular complexity index is 527. The minimum atomic E-state index is -0.606. The van der Waals surface area contributed by atoms with E-state index in [-0.39, 0.29) is 17.7 Å². The highest BCUT2D eigenvalue weighted by Crippen LogP contribution is 2.07. The molecule has 1 aliphatic rings. The molecule has 5 nitrogen and oxygen atoms in total. The zero-order valence-electron chi connectivity index (χ0n) is 12.9. The summed E-state index contributed by atoms with van der Waals surface area (Å²) in [6.07, 6.45) is 0. The van der Waals surface area contributed by atoms with Crippen LogP contribution in [0.25, 0.3) is 0 Å². The third-order valence-corrected chi connectivity index (χ3v) is 3.77. The van der Waals surface area contributed by atoms with Crippen molar-refractivity contribution in [2.75, 3.05) is 19.6 Å². The van der Waals surface area contributed by atoms with E-state index < -0.39 is 11.9 Å². The summed E-state index contributed by atoms with van der Waals surface area (Å²) in [5.41, 5.74) is 0.336. The summed E-state index contributed by atoms with van der Waals surface area (Å²) < 4.78 is 12.9. The summed E-state index contributed by atoms with van der Waals surface area (Å²) in [5.74, 6) is -0.534. The Kier molecular flexibility index (Phi) is 5.49. The van der Waals surface area contributed by atoms with Gasteiger partial charge in [0.15, 0.2) is 0 Å². The summed E-state index contributed by atoms with van der Waals surface area (Å²) in [6.45, 7) is 6.19. The molecule has 1 fully saturated rings. The predicted octanol–water partition coefficient (Wildman–Crippen LogP) is 0.916. The lowest BCUT2D eigenvalue weighted by Crippen LogP contribution is -2.53. The Balaban J connectivity index is 1.93. The van der Waals surface area contributed by atoms with E-state index >= 15 is 0 Å². The van der Waals surface area contributed by atoms with Crippen LogP contribution in [-0.4, -0.2) is 37.5 Å². The molecule has 1 unspecified atom stereocenters. The van der Waals surface area contributed by atoms with Crippen LogP contribution in [0.2, 0.25) is 0 Å². The zero-order valence-corrected chi connectivity index (χ0v) is 12.9. The van der Waals surface area contributed by atoms with Crippen molar-refractivity contribution in [3.8, 4) is 0 Å². The first-order chi connectivity index (χ1) is 10.5. The second-order valence-electron chi connectivity index (χ2n) is 5.97. The molecule has 0 spiro atoms. The Morgan fingerprint density at radius 3 is 2.41 bits per heavy atom. The van der Waals surface area contributed by atoms with Crippen molar-refractivity contribution in [3.63, 3.8) is 0 Å². The second-order valence-corrected chi connectivity index (χ2v) is 5.97. The molecule has 0 saturated carbocycles. The van der Waals surface area contributed by atoms with E-state index in [0.29, 0.717) is 18.0 Å². The summed E-state index contributed by atoms with van der Waals surface area (Å²) in [7, 11) is 0. The van der Waals surface area contributed by atoms with Crippen molar-refractivity contribution < 1.29 is 14.0 Å². The molecular formula is C16H22FN3O2. The molecule has 0 bridgehead atoms. The molecule has 1 atom stereocenters. The van der Waals surface area contributed by atoms with Gasteiger partial charge in [0.1, 0.15) is 11.9 Å². The number of benzene rings is 1. The number of rotatable bonds is 6. The van der Waals surface area contributed by atoms with E-state index in [1.54, 1.807) is 0 Å². The van der Waals surface area contributed by atoms with Gasteiger partial charge in [0.05, 0.1) is 0 Å². The molecule has 2 rings (SSSR count). The van der Waals surface area contributed by atoms with Gasteiger partial charge in [0, 0.05) is 31.1 Å². The van der Waals surface area contributed by atoms with Crippen LogP contribution >= 0.6 is 0 Å². The number of amides is 2. The molecule has 0 radical (unpaired) electrons. The van der Waals surface area contributed by atoms with Gasteiger partial charge in [-0.3, -0.25) is 9.59 Å². The molecule has 120 valence electrons. The van der Waals surface area contributed by atoms with Crippen molar-refractivity contribution in [2.24, 2.45) is 11.8 Å². The molecule has 2 amide bonds. The van der Waals surface area contributed by atoms with Crippen LogP contribution in [0.4, 0.5) is 4.39 Å². The lowest BCUT2D eigenvalue weighted by molar-refractivity contribution is -0.124. The Morgan fingerprint density at radius 1 is 1.27 bits per heavy atom. The third-order valence-electron chi connectivity index (χ3n) is 3.77. The molecule has 6 heteroatoms. The largest absolute Gasteiger partial charge is 0.354 e. The Hall–Kier alpha value is -1.95. The van der Waals surface area contributed by atoms with Gasteiger partial charge < -0.3 is 16.0 Å². The maximum absolute atomic E-state index is 12.9. The molecule has 1 aromatic rings. The molecule has 0 aliphatic carbocycles. The molecule has 1 heterocycles. The highest BCUT2D eigenvalue weighted by Gasteiger charge is 2.26. The fourth-order valence-corrected chi connectivity index (χ4v) is 2.21. The lowest BCUT2D eigenvalue weighted by atomic mass is 10.0. The lowest BCUT2D eigenvalue weighted by Gasteiger charge is -2.29. The van der Waals surface area contributed by atoms with Crippen molar-refractivity contribution in [1.29, 1.82) is 0 Å². The SMILES string of the molecule is CC(C)C(NC(=O)c1ccc(F)cc1)C(=O)NCC1CNC1. The maximum atomic E-state index is 12.9.